The number of aryl methyl sites for hydroxylation is 1. The molecule has 1 rings (SSSR count). The van der Waals surface area contributed by atoms with Crippen LogP contribution in [0.25, 0.3) is 0 Å². The predicted molar refractivity (Wildman–Crippen MR) is 71.7 cm³/mol. The Labute approximate surface area is 120 Å². The van der Waals surface area contributed by atoms with Crippen LogP contribution in [0.3, 0.4) is 0 Å². The van der Waals surface area contributed by atoms with E-state index in [1.54, 1.807) is 13.0 Å². The van der Waals surface area contributed by atoms with Gasteiger partial charge in [-0.05, 0) is 19.1 Å². The van der Waals surface area contributed by atoms with Crippen molar-refractivity contribution in [3.05, 3.63) is 33.7 Å². The van der Waals surface area contributed by atoms with Crippen molar-refractivity contribution in [3.63, 3.8) is 0 Å². The summed E-state index contributed by atoms with van der Waals surface area (Å²) >= 11 is 0. The summed E-state index contributed by atoms with van der Waals surface area (Å²) in [6.45, 7) is 0.742. The molecule has 0 aliphatic carbocycles. The number of methoxy groups -OCH3 is 2. The highest BCUT2D eigenvalue weighted by molar-refractivity contribution is 5.97. The van der Waals surface area contributed by atoms with E-state index in [9.17, 15) is 19.2 Å². The molecule has 21 heavy (non-hydrogen) atoms. The number of pyridine rings is 1. The van der Waals surface area contributed by atoms with E-state index in [1.165, 1.54) is 6.07 Å². The predicted octanol–water partition coefficient (Wildman–Crippen LogP) is -0.528. The van der Waals surface area contributed by atoms with Crippen LogP contribution in [0.2, 0.25) is 0 Å². The first-order valence-corrected chi connectivity index (χ1v) is 6.02. The van der Waals surface area contributed by atoms with Crippen molar-refractivity contribution in [1.29, 1.82) is 0 Å². The number of hydrogen-bond donors (Lipinski definition) is 1. The number of rotatable bonds is 5. The first-order chi connectivity index (χ1) is 9.88. The molecule has 0 fully saturated rings. The maximum absolute atomic E-state index is 12.3. The van der Waals surface area contributed by atoms with Crippen LogP contribution in [0.1, 0.15) is 16.1 Å². The van der Waals surface area contributed by atoms with E-state index in [0.717, 1.165) is 19.1 Å². The SMILES string of the molecule is COC(=O)CN(CC(=O)OC)C(=O)c1ccc(C)[nH]c1=O. The van der Waals surface area contributed by atoms with Crippen molar-refractivity contribution in [2.45, 2.75) is 6.92 Å². The van der Waals surface area contributed by atoms with Crippen LogP contribution in [0.15, 0.2) is 16.9 Å². The van der Waals surface area contributed by atoms with Crippen molar-refractivity contribution >= 4 is 17.8 Å². The summed E-state index contributed by atoms with van der Waals surface area (Å²) in [5.41, 5.74) is -0.183. The van der Waals surface area contributed by atoms with Crippen molar-refractivity contribution in [2.24, 2.45) is 0 Å². The van der Waals surface area contributed by atoms with Crippen molar-refractivity contribution in [3.8, 4) is 0 Å². The first-order valence-electron chi connectivity index (χ1n) is 6.02. The first kappa shape index (κ1) is 16.4. The van der Waals surface area contributed by atoms with Crippen LogP contribution in [0.4, 0.5) is 0 Å². The number of nitrogens with zero attached hydrogens (tertiary/aromatic N) is 1. The van der Waals surface area contributed by atoms with E-state index in [1.807, 2.05) is 0 Å². The summed E-state index contributed by atoms with van der Waals surface area (Å²) in [6, 6.07) is 2.88. The topological polar surface area (TPSA) is 106 Å². The highest BCUT2D eigenvalue weighted by Crippen LogP contribution is 2.02. The van der Waals surface area contributed by atoms with Crippen LogP contribution < -0.4 is 5.56 Å². The maximum atomic E-state index is 12.3. The third-order valence-corrected chi connectivity index (χ3v) is 2.67. The minimum Gasteiger partial charge on any atom is -0.468 e. The van der Waals surface area contributed by atoms with Crippen molar-refractivity contribution in [2.75, 3.05) is 27.3 Å². The van der Waals surface area contributed by atoms with Gasteiger partial charge in [-0.1, -0.05) is 0 Å². The normalized spacial score (nSPS) is 9.86. The van der Waals surface area contributed by atoms with Gasteiger partial charge in [-0.2, -0.15) is 0 Å². The molecule has 1 aromatic heterocycles. The fourth-order valence-corrected chi connectivity index (χ4v) is 1.55. The Hall–Kier alpha value is -2.64. The molecule has 8 nitrogen and oxygen atoms in total. The second-order valence-electron chi connectivity index (χ2n) is 4.20. The Morgan fingerprint density at radius 2 is 1.62 bits per heavy atom. The van der Waals surface area contributed by atoms with E-state index >= 15 is 0 Å². The zero-order valence-corrected chi connectivity index (χ0v) is 12.0. The van der Waals surface area contributed by atoms with Gasteiger partial charge in [0.2, 0.25) is 0 Å². The average molecular weight is 296 g/mol. The van der Waals surface area contributed by atoms with Crippen LogP contribution in [0.5, 0.6) is 0 Å². The minimum absolute atomic E-state index is 0.173. The third-order valence-electron chi connectivity index (χ3n) is 2.67. The molecule has 0 aliphatic heterocycles. The molecule has 0 atom stereocenters. The molecule has 114 valence electrons. The molecule has 0 saturated heterocycles. The van der Waals surface area contributed by atoms with Gasteiger partial charge in [0, 0.05) is 5.69 Å². The number of aromatic nitrogens is 1. The lowest BCUT2D eigenvalue weighted by Crippen LogP contribution is -2.42. The molecule has 8 heteroatoms. The van der Waals surface area contributed by atoms with Gasteiger partial charge in [-0.25, -0.2) is 0 Å². The van der Waals surface area contributed by atoms with Gasteiger partial charge in [-0.3, -0.25) is 19.2 Å². The number of H-pyrrole nitrogens is 1. The van der Waals surface area contributed by atoms with Gasteiger partial charge in [0.25, 0.3) is 11.5 Å². The maximum Gasteiger partial charge on any atom is 0.325 e. The summed E-state index contributed by atoms with van der Waals surface area (Å²) < 4.78 is 8.92. The molecule has 1 aromatic rings. The fraction of sp³-hybridized carbons (Fsp3) is 0.385. The second-order valence-corrected chi connectivity index (χ2v) is 4.20. The van der Waals surface area contributed by atoms with E-state index in [2.05, 4.69) is 14.5 Å². The smallest absolute Gasteiger partial charge is 0.325 e. The number of nitrogens with one attached hydrogen (secondary N) is 1. The molecule has 0 radical (unpaired) electrons. The molecule has 1 amide bonds. The Bertz CT molecular complexity index is 589. The van der Waals surface area contributed by atoms with Crippen LogP contribution in [0, 0.1) is 6.92 Å². The molecule has 0 aliphatic rings. The zero-order valence-electron chi connectivity index (χ0n) is 12.0. The van der Waals surface area contributed by atoms with E-state index < -0.39 is 36.5 Å². The third kappa shape index (κ3) is 4.44. The van der Waals surface area contributed by atoms with Crippen LogP contribution in [-0.4, -0.2) is 55.0 Å². The monoisotopic (exact) mass is 296 g/mol. The van der Waals surface area contributed by atoms with Gasteiger partial charge in [0.15, 0.2) is 0 Å². The van der Waals surface area contributed by atoms with Crippen molar-refractivity contribution < 1.29 is 23.9 Å². The highest BCUT2D eigenvalue weighted by Gasteiger charge is 2.24. The van der Waals surface area contributed by atoms with Gasteiger partial charge < -0.3 is 19.4 Å². The van der Waals surface area contributed by atoms with Crippen LogP contribution in [-0.2, 0) is 19.1 Å². The molecule has 0 spiro atoms. The number of aromatic amines is 1. The largest absolute Gasteiger partial charge is 0.468 e. The summed E-state index contributed by atoms with van der Waals surface area (Å²) in [4.78, 5) is 50.0. The summed E-state index contributed by atoms with van der Waals surface area (Å²) in [5, 5.41) is 0. The van der Waals surface area contributed by atoms with Crippen molar-refractivity contribution in [1.82, 2.24) is 9.88 Å². The molecule has 0 aromatic carbocycles. The lowest BCUT2D eigenvalue weighted by atomic mass is 10.2. The Morgan fingerprint density at radius 1 is 1.10 bits per heavy atom. The van der Waals surface area contributed by atoms with Crippen LogP contribution >= 0.6 is 0 Å². The molecule has 0 unspecified atom stereocenters. The molecule has 0 saturated carbocycles. The highest BCUT2D eigenvalue weighted by atomic mass is 16.5. The number of amides is 1. The molecular formula is C13H16N2O6. The molecule has 1 N–H and O–H groups in total. The number of ether oxygens (including phenoxy) is 2. The van der Waals surface area contributed by atoms with Gasteiger partial charge in [-0.15, -0.1) is 0 Å². The average Bonchev–Trinajstić information content (AvgIpc) is 2.45. The number of carbonyl (C=O) groups is 3. The fourth-order valence-electron chi connectivity index (χ4n) is 1.55. The van der Waals surface area contributed by atoms with Gasteiger partial charge in [0.1, 0.15) is 18.7 Å². The number of hydrogen-bond acceptors (Lipinski definition) is 6. The molecule has 1 heterocycles. The minimum atomic E-state index is -0.757. The van der Waals surface area contributed by atoms with E-state index in [0.29, 0.717) is 5.69 Å². The van der Waals surface area contributed by atoms with E-state index in [4.69, 9.17) is 0 Å². The molecule has 0 bridgehead atoms. The summed E-state index contributed by atoms with van der Waals surface area (Å²) in [7, 11) is 2.31. The summed E-state index contributed by atoms with van der Waals surface area (Å²) in [6.07, 6.45) is 0. The second kappa shape index (κ2) is 7.22. The van der Waals surface area contributed by atoms with E-state index in [-0.39, 0.29) is 5.56 Å². The molecular weight excluding hydrogens is 280 g/mol. The lowest BCUT2D eigenvalue weighted by Gasteiger charge is -2.19. The number of carbonyl (C=O) groups excluding carboxylic acids is 3. The Balaban J connectivity index is 3.05. The van der Waals surface area contributed by atoms with Gasteiger partial charge >= 0.3 is 11.9 Å². The number of esters is 2. The lowest BCUT2D eigenvalue weighted by molar-refractivity contribution is -0.144. The summed E-state index contributed by atoms with van der Waals surface area (Å²) in [5.74, 6) is -2.18. The Morgan fingerprint density at radius 3 is 2.05 bits per heavy atom. The standard InChI is InChI=1S/C13H16N2O6/c1-8-4-5-9(12(18)14-8)13(19)15(6-10(16)20-2)7-11(17)21-3/h4-5H,6-7H2,1-3H3,(H,14,18). The quantitative estimate of drug-likeness (QED) is 0.732. The zero-order chi connectivity index (χ0) is 16.0. The van der Waals surface area contributed by atoms with Gasteiger partial charge in [0.05, 0.1) is 14.2 Å². The Kier molecular flexibility index (Phi) is 5.65.